The summed E-state index contributed by atoms with van der Waals surface area (Å²) in [7, 11) is 0. The van der Waals surface area contributed by atoms with Gasteiger partial charge in [-0.25, -0.2) is 0 Å². The normalized spacial score (nSPS) is 10.6. The minimum atomic E-state index is 0.671. The summed E-state index contributed by atoms with van der Waals surface area (Å²) in [6, 6.07) is 17.3. The van der Waals surface area contributed by atoms with E-state index in [1.54, 1.807) is 12.1 Å². The van der Waals surface area contributed by atoms with Crippen LogP contribution in [0, 0.1) is 0 Å². The fourth-order valence-corrected chi connectivity index (χ4v) is 1.85. The highest BCUT2D eigenvalue weighted by atomic mass is 16.3. The lowest BCUT2D eigenvalue weighted by Gasteiger charge is -1.96. The molecule has 0 saturated heterocycles. The minimum Gasteiger partial charge on any atom is -0.456 e. The molecule has 0 bridgehead atoms. The number of hydrogen-bond donors (Lipinski definition) is 0. The maximum absolute atomic E-state index is 10.6. The summed E-state index contributed by atoms with van der Waals surface area (Å²) in [5.41, 5.74) is 2.53. The molecule has 0 saturated carbocycles. The van der Waals surface area contributed by atoms with Gasteiger partial charge in [0.05, 0.1) is 0 Å². The molecular formula is C15H10O2. The monoisotopic (exact) mass is 222 g/mol. The Kier molecular flexibility index (Phi) is 2.26. The van der Waals surface area contributed by atoms with Crippen molar-refractivity contribution in [1.29, 1.82) is 0 Å². The van der Waals surface area contributed by atoms with Crippen LogP contribution in [0.3, 0.4) is 0 Å². The number of rotatable bonds is 2. The molecule has 3 aromatic rings. The van der Waals surface area contributed by atoms with E-state index >= 15 is 0 Å². The van der Waals surface area contributed by atoms with Gasteiger partial charge in [-0.1, -0.05) is 42.5 Å². The number of hydrogen-bond acceptors (Lipinski definition) is 2. The van der Waals surface area contributed by atoms with Crippen LogP contribution in [-0.2, 0) is 0 Å². The Morgan fingerprint density at radius 1 is 0.941 bits per heavy atom. The van der Waals surface area contributed by atoms with Crippen molar-refractivity contribution in [3.05, 3.63) is 60.2 Å². The smallest absolute Gasteiger partial charge is 0.150 e. The average Bonchev–Trinajstić information content (AvgIpc) is 2.82. The van der Waals surface area contributed by atoms with Gasteiger partial charge < -0.3 is 4.42 Å². The quantitative estimate of drug-likeness (QED) is 0.615. The molecule has 0 spiro atoms. The molecule has 82 valence electrons. The highest BCUT2D eigenvalue weighted by Crippen LogP contribution is 2.27. The Bertz CT molecular complexity index is 630. The Labute approximate surface area is 98.5 Å². The number of carbonyl (C=O) groups excluding carboxylic acids is 1. The number of aldehydes is 1. The fourth-order valence-electron chi connectivity index (χ4n) is 1.85. The highest BCUT2D eigenvalue weighted by molar-refractivity contribution is 5.83. The van der Waals surface area contributed by atoms with Gasteiger partial charge in [-0.3, -0.25) is 4.79 Å². The van der Waals surface area contributed by atoms with Crippen LogP contribution in [0.25, 0.3) is 22.3 Å². The minimum absolute atomic E-state index is 0.671. The Morgan fingerprint density at radius 3 is 2.41 bits per heavy atom. The molecule has 2 aromatic carbocycles. The molecule has 17 heavy (non-hydrogen) atoms. The predicted octanol–water partition coefficient (Wildman–Crippen LogP) is 3.91. The van der Waals surface area contributed by atoms with Crippen LogP contribution >= 0.6 is 0 Å². The van der Waals surface area contributed by atoms with E-state index in [0.29, 0.717) is 5.56 Å². The van der Waals surface area contributed by atoms with Crippen molar-refractivity contribution in [3.8, 4) is 11.3 Å². The van der Waals surface area contributed by atoms with Crippen LogP contribution in [0.2, 0.25) is 0 Å². The van der Waals surface area contributed by atoms with E-state index in [9.17, 15) is 4.79 Å². The molecule has 0 atom stereocenters. The molecule has 1 heterocycles. The lowest BCUT2D eigenvalue weighted by molar-refractivity contribution is 0.112. The van der Waals surface area contributed by atoms with Crippen LogP contribution in [0.1, 0.15) is 10.4 Å². The first-order valence-corrected chi connectivity index (χ1v) is 5.41. The summed E-state index contributed by atoms with van der Waals surface area (Å²) < 4.78 is 5.74. The molecule has 1 aromatic heterocycles. The van der Waals surface area contributed by atoms with Crippen molar-refractivity contribution >= 4 is 17.3 Å². The van der Waals surface area contributed by atoms with Crippen LogP contribution in [-0.4, -0.2) is 6.29 Å². The predicted molar refractivity (Wildman–Crippen MR) is 67.0 cm³/mol. The first kappa shape index (κ1) is 9.85. The molecule has 0 radical (unpaired) electrons. The van der Waals surface area contributed by atoms with E-state index in [1.807, 2.05) is 42.5 Å². The van der Waals surface area contributed by atoms with Gasteiger partial charge in [0.15, 0.2) is 0 Å². The lowest BCUT2D eigenvalue weighted by Crippen LogP contribution is -1.78. The van der Waals surface area contributed by atoms with Gasteiger partial charge in [0.2, 0.25) is 0 Å². The maximum Gasteiger partial charge on any atom is 0.150 e. The molecule has 0 N–H and O–H groups in total. The third-order valence-corrected chi connectivity index (χ3v) is 2.76. The van der Waals surface area contributed by atoms with Crippen LogP contribution < -0.4 is 0 Å². The second-order valence-corrected chi connectivity index (χ2v) is 3.89. The molecule has 0 fully saturated rings. The number of furan rings is 1. The van der Waals surface area contributed by atoms with E-state index in [1.165, 1.54) is 0 Å². The summed E-state index contributed by atoms with van der Waals surface area (Å²) in [5, 5.41) is 1.09. The van der Waals surface area contributed by atoms with Crippen molar-refractivity contribution in [1.82, 2.24) is 0 Å². The Balaban J connectivity index is 2.10. The van der Waals surface area contributed by atoms with Gasteiger partial charge in [-0.05, 0) is 12.1 Å². The van der Waals surface area contributed by atoms with Crippen LogP contribution in [0.5, 0.6) is 0 Å². The summed E-state index contributed by atoms with van der Waals surface area (Å²) in [4.78, 5) is 10.6. The van der Waals surface area contributed by atoms with Crippen molar-refractivity contribution in [3.63, 3.8) is 0 Å². The topological polar surface area (TPSA) is 30.2 Å². The molecule has 0 aliphatic rings. The van der Waals surface area contributed by atoms with Gasteiger partial charge in [0.1, 0.15) is 17.6 Å². The fraction of sp³-hybridized carbons (Fsp3) is 0. The number of benzene rings is 2. The third kappa shape index (κ3) is 1.74. The first-order valence-electron chi connectivity index (χ1n) is 5.41. The molecule has 2 heteroatoms. The van der Waals surface area contributed by atoms with Crippen molar-refractivity contribution < 1.29 is 9.21 Å². The van der Waals surface area contributed by atoms with E-state index in [-0.39, 0.29) is 0 Å². The summed E-state index contributed by atoms with van der Waals surface area (Å²) in [6.45, 7) is 0. The van der Waals surface area contributed by atoms with Crippen LogP contribution in [0.4, 0.5) is 0 Å². The zero-order chi connectivity index (χ0) is 11.7. The third-order valence-electron chi connectivity index (χ3n) is 2.76. The van der Waals surface area contributed by atoms with Gasteiger partial charge in [-0.15, -0.1) is 0 Å². The second kappa shape index (κ2) is 3.91. The highest BCUT2D eigenvalue weighted by Gasteiger charge is 2.05. The summed E-state index contributed by atoms with van der Waals surface area (Å²) in [5.74, 6) is 0.823. The molecule has 0 aliphatic carbocycles. The van der Waals surface area contributed by atoms with E-state index in [0.717, 1.165) is 28.6 Å². The van der Waals surface area contributed by atoms with E-state index in [4.69, 9.17) is 4.42 Å². The molecule has 0 amide bonds. The largest absolute Gasteiger partial charge is 0.456 e. The zero-order valence-corrected chi connectivity index (χ0v) is 9.09. The van der Waals surface area contributed by atoms with Gasteiger partial charge in [-0.2, -0.15) is 0 Å². The summed E-state index contributed by atoms with van der Waals surface area (Å²) >= 11 is 0. The first-order chi connectivity index (χ1) is 8.36. The van der Waals surface area contributed by atoms with E-state index in [2.05, 4.69) is 0 Å². The zero-order valence-electron chi connectivity index (χ0n) is 9.09. The second-order valence-electron chi connectivity index (χ2n) is 3.89. The average molecular weight is 222 g/mol. The molecule has 2 nitrogen and oxygen atoms in total. The Hall–Kier alpha value is -2.35. The van der Waals surface area contributed by atoms with Gasteiger partial charge in [0.25, 0.3) is 0 Å². The van der Waals surface area contributed by atoms with Gasteiger partial charge >= 0.3 is 0 Å². The number of carbonyl (C=O) groups is 1. The van der Waals surface area contributed by atoms with Crippen molar-refractivity contribution in [2.75, 3.05) is 0 Å². The van der Waals surface area contributed by atoms with Crippen molar-refractivity contribution in [2.24, 2.45) is 0 Å². The standard InChI is InChI=1S/C15H10O2/c16-10-11-5-7-12(8-6-11)15-9-13-3-1-2-4-14(13)17-15/h1-10H. The SMILES string of the molecule is O=Cc1ccc(-c2cc3ccccc3o2)cc1. The van der Waals surface area contributed by atoms with Crippen LogP contribution in [0.15, 0.2) is 59.0 Å². The molecule has 0 unspecified atom stereocenters. The number of fused-ring (bicyclic) bond motifs is 1. The Morgan fingerprint density at radius 2 is 1.71 bits per heavy atom. The molecule has 0 aliphatic heterocycles. The van der Waals surface area contributed by atoms with E-state index < -0.39 is 0 Å². The van der Waals surface area contributed by atoms with Crippen molar-refractivity contribution in [2.45, 2.75) is 0 Å². The lowest BCUT2D eigenvalue weighted by atomic mass is 10.1. The molecule has 3 rings (SSSR count). The number of para-hydroxylation sites is 1. The maximum atomic E-state index is 10.6. The summed E-state index contributed by atoms with van der Waals surface area (Å²) in [6.07, 6.45) is 0.836. The van der Waals surface area contributed by atoms with Gasteiger partial charge in [0, 0.05) is 16.5 Å². The molecular weight excluding hydrogens is 212 g/mol.